The summed E-state index contributed by atoms with van der Waals surface area (Å²) in [5, 5.41) is 9.09. The molecule has 3 heterocycles. The van der Waals surface area contributed by atoms with E-state index in [4.69, 9.17) is 4.74 Å². The summed E-state index contributed by atoms with van der Waals surface area (Å²) in [5.41, 5.74) is 0. The summed E-state index contributed by atoms with van der Waals surface area (Å²) in [4.78, 5) is 16.4. The van der Waals surface area contributed by atoms with Crippen molar-refractivity contribution >= 4 is 33.3 Å². The normalized spacial score (nSPS) is 22.7. The lowest BCUT2D eigenvalue weighted by Gasteiger charge is -2.32. The molecule has 6 nitrogen and oxygen atoms in total. The third kappa shape index (κ3) is 6.45. The van der Waals surface area contributed by atoms with Gasteiger partial charge in [-0.2, -0.15) is 0 Å². The Kier molecular flexibility index (Phi) is 7.93. The largest absolute Gasteiger partial charge is 0.471 e. The number of ether oxygens (including phenoxy) is 1. The molecule has 0 aromatic carbocycles. The Morgan fingerprint density at radius 2 is 2.19 bits per heavy atom. The topological polar surface area (TPSA) is 58.6 Å². The van der Waals surface area contributed by atoms with Crippen molar-refractivity contribution in [3.63, 3.8) is 0 Å². The van der Waals surface area contributed by atoms with Crippen LogP contribution in [-0.4, -0.2) is 65.3 Å². The zero-order valence-electron chi connectivity index (χ0n) is 16.3. The van der Waals surface area contributed by atoms with Crippen molar-refractivity contribution in [2.45, 2.75) is 56.3 Å². The number of carbonyl (C=O) groups is 1. The SMILES string of the molecule is CN(C)c1ccc(OC2CCCN(C(=O)CCCCC3CCSS3)C2)nn1. The Labute approximate surface area is 170 Å². The second-order valence-electron chi connectivity index (χ2n) is 7.42. The molecule has 2 atom stereocenters. The van der Waals surface area contributed by atoms with Gasteiger partial charge in [0.15, 0.2) is 5.82 Å². The Balaban J connectivity index is 1.39. The van der Waals surface area contributed by atoms with E-state index in [2.05, 4.69) is 10.2 Å². The average molecular weight is 411 g/mol. The van der Waals surface area contributed by atoms with Gasteiger partial charge in [0.2, 0.25) is 11.8 Å². The van der Waals surface area contributed by atoms with Crippen molar-refractivity contribution in [1.29, 1.82) is 0 Å². The summed E-state index contributed by atoms with van der Waals surface area (Å²) < 4.78 is 5.97. The minimum atomic E-state index is 0.00844. The van der Waals surface area contributed by atoms with Gasteiger partial charge in [0.25, 0.3) is 0 Å². The van der Waals surface area contributed by atoms with E-state index < -0.39 is 0 Å². The average Bonchev–Trinajstić information content (AvgIpc) is 3.19. The Hall–Kier alpha value is -1.15. The highest BCUT2D eigenvalue weighted by molar-refractivity contribution is 8.77. The molecule has 0 N–H and O–H groups in total. The molecule has 0 saturated carbocycles. The van der Waals surface area contributed by atoms with Crippen LogP contribution in [0.4, 0.5) is 5.82 Å². The van der Waals surface area contributed by atoms with Crippen LogP contribution in [0, 0.1) is 0 Å². The van der Waals surface area contributed by atoms with Crippen LogP contribution in [0.5, 0.6) is 5.88 Å². The lowest BCUT2D eigenvalue weighted by Crippen LogP contribution is -2.44. The molecule has 1 aromatic heterocycles. The van der Waals surface area contributed by atoms with Crippen LogP contribution in [-0.2, 0) is 4.79 Å². The first kappa shape index (κ1) is 20.6. The fraction of sp³-hybridized carbons (Fsp3) is 0.737. The Bertz CT molecular complexity index is 594. The van der Waals surface area contributed by atoms with Crippen LogP contribution in [0.25, 0.3) is 0 Å². The number of carbonyl (C=O) groups excluding carboxylic acids is 1. The van der Waals surface area contributed by atoms with Gasteiger partial charge in [0.05, 0.1) is 6.54 Å². The van der Waals surface area contributed by atoms with Crippen LogP contribution in [0.3, 0.4) is 0 Å². The van der Waals surface area contributed by atoms with Crippen LogP contribution >= 0.6 is 21.6 Å². The number of rotatable bonds is 8. The molecule has 2 aliphatic heterocycles. The summed E-state index contributed by atoms with van der Waals surface area (Å²) in [6, 6.07) is 3.75. The second-order valence-corrected chi connectivity index (χ2v) is 10.2. The van der Waals surface area contributed by atoms with Crippen molar-refractivity contribution in [3.8, 4) is 5.88 Å². The van der Waals surface area contributed by atoms with Gasteiger partial charge in [-0.05, 0) is 38.2 Å². The number of likely N-dealkylation sites (tertiary alicyclic amines) is 1. The van der Waals surface area contributed by atoms with Gasteiger partial charge in [0, 0.05) is 44.1 Å². The smallest absolute Gasteiger partial charge is 0.233 e. The second kappa shape index (κ2) is 10.4. The molecule has 0 aliphatic carbocycles. The first-order valence-electron chi connectivity index (χ1n) is 9.85. The van der Waals surface area contributed by atoms with Crippen molar-refractivity contribution in [2.24, 2.45) is 0 Å². The van der Waals surface area contributed by atoms with E-state index in [-0.39, 0.29) is 12.0 Å². The molecule has 3 rings (SSSR count). The molecule has 27 heavy (non-hydrogen) atoms. The van der Waals surface area contributed by atoms with Crippen LogP contribution in [0.2, 0.25) is 0 Å². The molecule has 1 amide bonds. The summed E-state index contributed by atoms with van der Waals surface area (Å²) in [5.74, 6) is 2.89. The minimum Gasteiger partial charge on any atom is -0.471 e. The van der Waals surface area contributed by atoms with Gasteiger partial charge < -0.3 is 14.5 Å². The van der Waals surface area contributed by atoms with E-state index >= 15 is 0 Å². The van der Waals surface area contributed by atoms with Crippen molar-refractivity contribution < 1.29 is 9.53 Å². The maximum Gasteiger partial charge on any atom is 0.233 e. The molecule has 8 heteroatoms. The molecule has 150 valence electrons. The predicted octanol–water partition coefficient (Wildman–Crippen LogP) is 3.63. The summed E-state index contributed by atoms with van der Waals surface area (Å²) in [6.07, 6.45) is 7.34. The van der Waals surface area contributed by atoms with Gasteiger partial charge >= 0.3 is 0 Å². The van der Waals surface area contributed by atoms with Crippen LogP contribution < -0.4 is 9.64 Å². The lowest BCUT2D eigenvalue weighted by molar-refractivity contribution is -0.134. The monoisotopic (exact) mass is 410 g/mol. The van der Waals surface area contributed by atoms with Crippen LogP contribution in [0.15, 0.2) is 12.1 Å². The summed E-state index contributed by atoms with van der Waals surface area (Å²) >= 11 is 0. The van der Waals surface area contributed by atoms with Crippen molar-refractivity contribution in [3.05, 3.63) is 12.1 Å². The number of amides is 1. The molecule has 2 saturated heterocycles. The van der Waals surface area contributed by atoms with E-state index in [0.717, 1.165) is 43.3 Å². The Morgan fingerprint density at radius 3 is 2.89 bits per heavy atom. The highest BCUT2D eigenvalue weighted by Crippen LogP contribution is 2.39. The van der Waals surface area contributed by atoms with E-state index in [1.807, 2.05) is 57.6 Å². The molecule has 2 unspecified atom stereocenters. The molecular formula is C19H30N4O2S2. The molecule has 0 bridgehead atoms. The quantitative estimate of drug-likeness (QED) is 0.479. The van der Waals surface area contributed by atoms with Gasteiger partial charge in [0.1, 0.15) is 6.10 Å². The van der Waals surface area contributed by atoms with E-state index in [1.165, 1.54) is 18.6 Å². The molecule has 1 aromatic rings. The zero-order chi connectivity index (χ0) is 19.1. The van der Waals surface area contributed by atoms with Gasteiger partial charge in [-0.15, -0.1) is 10.2 Å². The third-order valence-corrected chi connectivity index (χ3v) is 8.00. The highest BCUT2D eigenvalue weighted by atomic mass is 33.1. The summed E-state index contributed by atoms with van der Waals surface area (Å²) in [7, 11) is 7.87. The standard InChI is InChI=1S/C19H30N4O2S2/c1-22(2)17-9-10-18(21-20-17)25-15-6-5-12-23(14-15)19(24)8-4-3-7-16-11-13-26-27-16/h9-10,15-16H,3-8,11-14H2,1-2H3. The van der Waals surface area contributed by atoms with Gasteiger partial charge in [-0.3, -0.25) is 4.79 Å². The van der Waals surface area contributed by atoms with Gasteiger partial charge in [-0.25, -0.2) is 0 Å². The van der Waals surface area contributed by atoms with E-state index in [0.29, 0.717) is 18.8 Å². The molecule has 0 spiro atoms. The fourth-order valence-electron chi connectivity index (χ4n) is 3.42. The highest BCUT2D eigenvalue weighted by Gasteiger charge is 2.25. The first-order valence-corrected chi connectivity index (χ1v) is 12.2. The number of hydrogen-bond donors (Lipinski definition) is 0. The fourth-order valence-corrected chi connectivity index (χ4v) is 6.44. The predicted molar refractivity (Wildman–Crippen MR) is 114 cm³/mol. The third-order valence-electron chi connectivity index (χ3n) is 5.00. The van der Waals surface area contributed by atoms with Gasteiger partial charge in [-0.1, -0.05) is 28.0 Å². The number of hydrogen-bond acceptors (Lipinski definition) is 7. The molecular weight excluding hydrogens is 380 g/mol. The molecule has 0 radical (unpaired) electrons. The molecule has 2 fully saturated rings. The number of anilines is 1. The van der Waals surface area contributed by atoms with Crippen LogP contribution in [0.1, 0.15) is 44.9 Å². The number of aromatic nitrogens is 2. The van der Waals surface area contributed by atoms with E-state index in [1.54, 1.807) is 0 Å². The number of piperidine rings is 1. The van der Waals surface area contributed by atoms with E-state index in [9.17, 15) is 4.79 Å². The maximum absolute atomic E-state index is 12.5. The lowest BCUT2D eigenvalue weighted by atomic mass is 10.1. The zero-order valence-corrected chi connectivity index (χ0v) is 17.9. The molecule has 2 aliphatic rings. The van der Waals surface area contributed by atoms with Crippen molar-refractivity contribution in [2.75, 3.05) is 37.8 Å². The van der Waals surface area contributed by atoms with Crippen molar-refractivity contribution in [1.82, 2.24) is 15.1 Å². The number of unbranched alkanes of at least 4 members (excludes halogenated alkanes) is 1. The minimum absolute atomic E-state index is 0.00844. The first-order chi connectivity index (χ1) is 13.1. The maximum atomic E-state index is 12.5. The summed E-state index contributed by atoms with van der Waals surface area (Å²) in [6.45, 7) is 1.50. The Morgan fingerprint density at radius 1 is 1.30 bits per heavy atom. The number of nitrogens with zero attached hydrogens (tertiary/aromatic N) is 4.